The summed E-state index contributed by atoms with van der Waals surface area (Å²) in [5.41, 5.74) is 3.34. The number of aromatic amines is 1. The van der Waals surface area contributed by atoms with Gasteiger partial charge in [0, 0.05) is 31.2 Å². The molecule has 0 saturated heterocycles. The van der Waals surface area contributed by atoms with Gasteiger partial charge in [0.05, 0.1) is 5.52 Å². The summed E-state index contributed by atoms with van der Waals surface area (Å²) < 4.78 is 0. The molecule has 6 heteroatoms. The summed E-state index contributed by atoms with van der Waals surface area (Å²) in [7, 11) is 0. The van der Waals surface area contributed by atoms with Gasteiger partial charge in [0.25, 0.3) is 5.91 Å². The highest BCUT2D eigenvalue weighted by Crippen LogP contribution is 2.17. The van der Waals surface area contributed by atoms with Crippen molar-refractivity contribution in [2.75, 3.05) is 18.0 Å². The van der Waals surface area contributed by atoms with E-state index in [0.29, 0.717) is 12.2 Å². The Bertz CT molecular complexity index is 865. The Morgan fingerprint density at radius 3 is 2.68 bits per heavy atom. The molecule has 0 atom stereocenters. The van der Waals surface area contributed by atoms with Gasteiger partial charge in [-0.15, -0.1) is 0 Å². The fraction of sp³-hybridized carbons (Fsp3) is 0.316. The minimum atomic E-state index is -0.190. The predicted molar refractivity (Wildman–Crippen MR) is 99.8 cm³/mol. The number of nitrogens with one attached hydrogen (secondary N) is 2. The second-order valence-corrected chi connectivity index (χ2v) is 6.00. The van der Waals surface area contributed by atoms with Gasteiger partial charge in [-0.1, -0.05) is 17.7 Å². The summed E-state index contributed by atoms with van der Waals surface area (Å²) in [4.78, 5) is 19.1. The van der Waals surface area contributed by atoms with E-state index < -0.39 is 0 Å². The maximum Gasteiger partial charge on any atom is 0.272 e. The molecule has 0 bridgehead atoms. The zero-order valence-corrected chi connectivity index (χ0v) is 14.8. The Hall–Kier alpha value is -2.89. The molecule has 0 radical (unpaired) electrons. The number of carbonyl (C=O) groups is 1. The minimum Gasteiger partial charge on any atom is -0.357 e. The van der Waals surface area contributed by atoms with Gasteiger partial charge in [-0.05, 0) is 44.5 Å². The molecule has 1 aromatic carbocycles. The van der Waals surface area contributed by atoms with Crippen molar-refractivity contribution in [3.63, 3.8) is 0 Å². The number of anilines is 1. The van der Waals surface area contributed by atoms with Crippen molar-refractivity contribution in [3.8, 4) is 0 Å². The molecule has 3 rings (SSSR count). The normalized spacial score (nSPS) is 10.8. The number of aryl methyl sites for hydroxylation is 1. The van der Waals surface area contributed by atoms with Gasteiger partial charge >= 0.3 is 0 Å². The standard InChI is InChI=1S/C19H23N5O/c1-4-24(5-2)17-9-7-14(11-20-17)12-21-19(25)18-15-10-13(3)6-8-16(15)22-23-18/h6-11H,4-5,12H2,1-3H3,(H,21,25)(H,22,23). The first-order chi connectivity index (χ1) is 12.1. The Kier molecular flexibility index (Phi) is 4.97. The van der Waals surface area contributed by atoms with E-state index >= 15 is 0 Å². The van der Waals surface area contributed by atoms with Gasteiger partial charge in [0.2, 0.25) is 0 Å². The van der Waals surface area contributed by atoms with Crippen molar-refractivity contribution in [2.24, 2.45) is 0 Å². The molecule has 0 aliphatic carbocycles. The largest absolute Gasteiger partial charge is 0.357 e. The minimum absolute atomic E-state index is 0.190. The number of pyridine rings is 1. The van der Waals surface area contributed by atoms with Crippen LogP contribution in [0, 0.1) is 6.92 Å². The van der Waals surface area contributed by atoms with Gasteiger partial charge in [0.1, 0.15) is 5.82 Å². The van der Waals surface area contributed by atoms with Crippen LogP contribution in [0.15, 0.2) is 36.5 Å². The molecule has 25 heavy (non-hydrogen) atoms. The lowest BCUT2D eigenvalue weighted by molar-refractivity contribution is 0.0947. The molecular weight excluding hydrogens is 314 g/mol. The average Bonchev–Trinajstić information content (AvgIpc) is 3.05. The highest BCUT2D eigenvalue weighted by molar-refractivity contribution is 6.04. The summed E-state index contributed by atoms with van der Waals surface area (Å²) in [6.07, 6.45) is 1.81. The average molecular weight is 337 g/mol. The van der Waals surface area contributed by atoms with Gasteiger partial charge in [-0.3, -0.25) is 9.89 Å². The van der Waals surface area contributed by atoms with E-state index in [9.17, 15) is 4.79 Å². The first-order valence-corrected chi connectivity index (χ1v) is 8.55. The Labute approximate surface area is 147 Å². The van der Waals surface area contributed by atoms with Gasteiger partial charge in [-0.2, -0.15) is 5.10 Å². The number of nitrogens with zero attached hydrogens (tertiary/aromatic N) is 3. The van der Waals surface area contributed by atoms with E-state index in [1.54, 1.807) is 6.20 Å². The monoisotopic (exact) mass is 337 g/mol. The van der Waals surface area contributed by atoms with Crippen molar-refractivity contribution < 1.29 is 4.79 Å². The third kappa shape index (κ3) is 3.63. The first kappa shape index (κ1) is 17.0. The quantitative estimate of drug-likeness (QED) is 0.725. The molecule has 6 nitrogen and oxygen atoms in total. The predicted octanol–water partition coefficient (Wildman–Crippen LogP) is 3.04. The molecule has 2 N–H and O–H groups in total. The highest BCUT2D eigenvalue weighted by atomic mass is 16.1. The van der Waals surface area contributed by atoms with Gasteiger partial charge < -0.3 is 10.2 Å². The van der Waals surface area contributed by atoms with E-state index in [-0.39, 0.29) is 5.91 Å². The zero-order valence-electron chi connectivity index (χ0n) is 14.8. The molecule has 0 fully saturated rings. The topological polar surface area (TPSA) is 73.9 Å². The molecule has 3 aromatic rings. The summed E-state index contributed by atoms with van der Waals surface area (Å²) >= 11 is 0. The van der Waals surface area contributed by atoms with Crippen molar-refractivity contribution in [3.05, 3.63) is 53.3 Å². The number of hydrogen-bond donors (Lipinski definition) is 2. The van der Waals surface area contributed by atoms with Crippen LogP contribution in [0.25, 0.3) is 10.9 Å². The van der Waals surface area contributed by atoms with Gasteiger partial charge in [0.15, 0.2) is 5.69 Å². The number of amides is 1. The summed E-state index contributed by atoms with van der Waals surface area (Å²) in [6, 6.07) is 9.87. The lowest BCUT2D eigenvalue weighted by Gasteiger charge is -2.19. The van der Waals surface area contributed by atoms with E-state index in [1.807, 2.05) is 37.3 Å². The van der Waals surface area contributed by atoms with E-state index in [0.717, 1.165) is 40.9 Å². The maximum absolute atomic E-state index is 12.4. The Balaban J connectivity index is 1.68. The van der Waals surface area contributed by atoms with E-state index in [1.165, 1.54) is 0 Å². The van der Waals surface area contributed by atoms with Crippen molar-refractivity contribution in [1.82, 2.24) is 20.5 Å². The second kappa shape index (κ2) is 7.34. The van der Waals surface area contributed by atoms with Crippen molar-refractivity contribution in [1.29, 1.82) is 0 Å². The first-order valence-electron chi connectivity index (χ1n) is 8.55. The van der Waals surface area contributed by atoms with E-state index in [2.05, 4.69) is 39.2 Å². The zero-order chi connectivity index (χ0) is 17.8. The molecule has 2 heterocycles. The molecule has 0 aliphatic heterocycles. The number of rotatable bonds is 6. The number of H-pyrrole nitrogens is 1. The number of benzene rings is 1. The number of aromatic nitrogens is 3. The molecule has 1 amide bonds. The van der Waals surface area contributed by atoms with Crippen LogP contribution >= 0.6 is 0 Å². The summed E-state index contributed by atoms with van der Waals surface area (Å²) in [5, 5.41) is 10.8. The SMILES string of the molecule is CCN(CC)c1ccc(CNC(=O)c2n[nH]c3ccc(C)cc23)cn1. The van der Waals surface area contributed by atoms with Crippen LogP contribution in [-0.4, -0.2) is 34.2 Å². The molecule has 0 spiro atoms. The second-order valence-electron chi connectivity index (χ2n) is 6.00. The number of hydrogen-bond acceptors (Lipinski definition) is 4. The highest BCUT2D eigenvalue weighted by Gasteiger charge is 2.14. The third-order valence-electron chi connectivity index (χ3n) is 4.28. The Morgan fingerprint density at radius 2 is 2.00 bits per heavy atom. The molecular formula is C19H23N5O. The fourth-order valence-electron chi connectivity index (χ4n) is 2.82. The lowest BCUT2D eigenvalue weighted by atomic mass is 10.1. The van der Waals surface area contributed by atoms with Crippen LogP contribution in [-0.2, 0) is 6.54 Å². The van der Waals surface area contributed by atoms with Crippen LogP contribution in [0.3, 0.4) is 0 Å². The van der Waals surface area contributed by atoms with Crippen LogP contribution in [0.4, 0.5) is 5.82 Å². The number of carbonyl (C=O) groups excluding carboxylic acids is 1. The van der Waals surface area contributed by atoms with Crippen LogP contribution < -0.4 is 10.2 Å². The fourth-order valence-corrected chi connectivity index (χ4v) is 2.82. The van der Waals surface area contributed by atoms with Crippen LogP contribution in [0.2, 0.25) is 0 Å². The molecule has 2 aromatic heterocycles. The summed E-state index contributed by atoms with van der Waals surface area (Å²) in [6.45, 7) is 8.47. The Morgan fingerprint density at radius 1 is 1.20 bits per heavy atom. The van der Waals surface area contributed by atoms with Crippen LogP contribution in [0.5, 0.6) is 0 Å². The number of fused-ring (bicyclic) bond motifs is 1. The third-order valence-corrected chi connectivity index (χ3v) is 4.28. The van der Waals surface area contributed by atoms with Crippen molar-refractivity contribution in [2.45, 2.75) is 27.3 Å². The molecule has 130 valence electrons. The summed E-state index contributed by atoms with van der Waals surface area (Å²) in [5.74, 6) is 0.763. The molecule has 0 saturated carbocycles. The lowest BCUT2D eigenvalue weighted by Crippen LogP contribution is -2.24. The molecule has 0 unspecified atom stereocenters. The van der Waals surface area contributed by atoms with E-state index in [4.69, 9.17) is 0 Å². The van der Waals surface area contributed by atoms with Crippen molar-refractivity contribution >= 4 is 22.6 Å². The van der Waals surface area contributed by atoms with Crippen LogP contribution in [0.1, 0.15) is 35.5 Å². The maximum atomic E-state index is 12.4. The smallest absolute Gasteiger partial charge is 0.272 e. The van der Waals surface area contributed by atoms with Gasteiger partial charge in [-0.25, -0.2) is 4.98 Å². The molecule has 0 aliphatic rings.